The summed E-state index contributed by atoms with van der Waals surface area (Å²) in [6.07, 6.45) is 1.14. The van der Waals surface area contributed by atoms with E-state index in [1.54, 1.807) is 4.90 Å². The van der Waals surface area contributed by atoms with Crippen LogP contribution in [0.4, 0.5) is 8.78 Å². The number of oxazole rings is 1. The van der Waals surface area contributed by atoms with Crippen molar-refractivity contribution < 1.29 is 22.7 Å². The third kappa shape index (κ3) is 4.48. The standard InChI is InChI=1S/C21H20F2N2O3S/c1-13-17(24-21(27-13)19-3-2-10-29-19)12-20(26)25-8-6-15(7-9-25)28-18-5-4-14(22)11-16(18)23/h2-5,10-11,15H,6-9,12H2,1H3. The summed E-state index contributed by atoms with van der Waals surface area (Å²) in [4.78, 5) is 19.8. The molecule has 0 radical (unpaired) electrons. The van der Waals surface area contributed by atoms with E-state index in [0.717, 1.165) is 10.9 Å². The molecule has 1 aromatic carbocycles. The van der Waals surface area contributed by atoms with Crippen LogP contribution < -0.4 is 4.74 Å². The molecule has 3 heterocycles. The van der Waals surface area contributed by atoms with Gasteiger partial charge in [0.1, 0.15) is 17.7 Å². The summed E-state index contributed by atoms with van der Waals surface area (Å²) in [6.45, 7) is 2.84. The number of aryl methyl sites for hydroxylation is 1. The minimum Gasteiger partial charge on any atom is -0.487 e. The van der Waals surface area contributed by atoms with Gasteiger partial charge in [-0.25, -0.2) is 13.8 Å². The fourth-order valence-corrected chi connectivity index (χ4v) is 3.98. The Balaban J connectivity index is 1.32. The maximum absolute atomic E-state index is 13.7. The normalized spacial score (nSPS) is 14.9. The SMILES string of the molecule is Cc1oc(-c2cccs2)nc1CC(=O)N1CCC(Oc2ccc(F)cc2F)CC1. The highest BCUT2D eigenvalue weighted by Gasteiger charge is 2.26. The van der Waals surface area contributed by atoms with Crippen LogP contribution >= 0.6 is 11.3 Å². The number of piperidine rings is 1. The van der Waals surface area contributed by atoms with Crippen molar-refractivity contribution in [2.45, 2.75) is 32.3 Å². The highest BCUT2D eigenvalue weighted by Crippen LogP contribution is 2.27. The van der Waals surface area contributed by atoms with E-state index in [9.17, 15) is 13.6 Å². The summed E-state index contributed by atoms with van der Waals surface area (Å²) in [5, 5.41) is 1.95. The second-order valence-electron chi connectivity index (χ2n) is 6.95. The predicted molar refractivity (Wildman–Crippen MR) is 105 cm³/mol. The third-order valence-corrected chi connectivity index (χ3v) is 5.78. The first-order chi connectivity index (χ1) is 14.0. The van der Waals surface area contributed by atoms with Crippen molar-refractivity contribution in [2.24, 2.45) is 0 Å². The van der Waals surface area contributed by atoms with Crippen molar-refractivity contribution in [1.29, 1.82) is 0 Å². The number of ether oxygens (including phenoxy) is 1. The lowest BCUT2D eigenvalue weighted by Gasteiger charge is -2.32. The molecule has 5 nitrogen and oxygen atoms in total. The van der Waals surface area contributed by atoms with E-state index in [4.69, 9.17) is 9.15 Å². The second-order valence-corrected chi connectivity index (χ2v) is 7.90. The number of likely N-dealkylation sites (tertiary alicyclic amines) is 1. The van der Waals surface area contributed by atoms with Crippen LogP contribution in [0.2, 0.25) is 0 Å². The molecule has 0 bridgehead atoms. The monoisotopic (exact) mass is 418 g/mol. The lowest BCUT2D eigenvalue weighted by Crippen LogP contribution is -2.42. The van der Waals surface area contributed by atoms with Crippen LogP contribution in [0, 0.1) is 18.6 Å². The summed E-state index contributed by atoms with van der Waals surface area (Å²) >= 11 is 1.53. The zero-order chi connectivity index (χ0) is 20.4. The number of halogens is 2. The first-order valence-electron chi connectivity index (χ1n) is 9.39. The van der Waals surface area contributed by atoms with Crippen LogP contribution in [0.25, 0.3) is 10.8 Å². The van der Waals surface area contributed by atoms with Gasteiger partial charge in [0.2, 0.25) is 11.8 Å². The number of carbonyl (C=O) groups excluding carboxylic acids is 1. The smallest absolute Gasteiger partial charge is 0.236 e. The third-order valence-electron chi connectivity index (χ3n) is 4.93. The van der Waals surface area contributed by atoms with Gasteiger partial charge in [0.25, 0.3) is 0 Å². The molecule has 1 aliphatic rings. The molecule has 4 rings (SSSR count). The number of amides is 1. The topological polar surface area (TPSA) is 55.6 Å². The zero-order valence-electron chi connectivity index (χ0n) is 15.9. The van der Waals surface area contributed by atoms with E-state index >= 15 is 0 Å². The van der Waals surface area contributed by atoms with Gasteiger partial charge in [-0.2, -0.15) is 0 Å². The Morgan fingerprint density at radius 1 is 1.31 bits per heavy atom. The molecule has 2 aromatic heterocycles. The lowest BCUT2D eigenvalue weighted by atomic mass is 10.1. The van der Waals surface area contributed by atoms with Crippen LogP contribution in [0.3, 0.4) is 0 Å². The van der Waals surface area contributed by atoms with Gasteiger partial charge in [-0.15, -0.1) is 11.3 Å². The molecule has 0 spiro atoms. The Kier molecular flexibility index (Phi) is 5.62. The van der Waals surface area contributed by atoms with Crippen molar-refractivity contribution in [3.05, 3.63) is 58.8 Å². The van der Waals surface area contributed by atoms with Crippen molar-refractivity contribution in [2.75, 3.05) is 13.1 Å². The first-order valence-corrected chi connectivity index (χ1v) is 10.3. The highest BCUT2D eigenvalue weighted by atomic mass is 32.1. The van der Waals surface area contributed by atoms with E-state index in [1.807, 2.05) is 24.4 Å². The maximum atomic E-state index is 13.7. The molecule has 3 aromatic rings. The zero-order valence-corrected chi connectivity index (χ0v) is 16.7. The van der Waals surface area contributed by atoms with Gasteiger partial charge < -0.3 is 14.1 Å². The molecule has 1 fully saturated rings. The molecule has 0 saturated carbocycles. The fraction of sp³-hybridized carbons (Fsp3) is 0.333. The molecule has 152 valence electrons. The largest absolute Gasteiger partial charge is 0.487 e. The van der Waals surface area contributed by atoms with E-state index in [1.165, 1.54) is 23.5 Å². The lowest BCUT2D eigenvalue weighted by molar-refractivity contribution is -0.132. The molecule has 8 heteroatoms. The highest BCUT2D eigenvalue weighted by molar-refractivity contribution is 7.13. The summed E-state index contributed by atoms with van der Waals surface area (Å²) in [5.41, 5.74) is 0.644. The fourth-order valence-electron chi connectivity index (χ4n) is 3.33. The Labute approximate surface area is 170 Å². The van der Waals surface area contributed by atoms with Crippen LogP contribution in [0.15, 0.2) is 40.1 Å². The summed E-state index contributed by atoms with van der Waals surface area (Å²) in [5.74, 6) is -0.159. The Morgan fingerprint density at radius 3 is 2.79 bits per heavy atom. The van der Waals surface area contributed by atoms with Crippen LogP contribution in [-0.4, -0.2) is 35.0 Å². The van der Waals surface area contributed by atoms with Gasteiger partial charge in [-0.05, 0) is 30.5 Å². The number of rotatable bonds is 5. The van der Waals surface area contributed by atoms with E-state index in [0.29, 0.717) is 43.3 Å². The number of carbonyl (C=O) groups is 1. The minimum atomic E-state index is -0.716. The number of hydrogen-bond acceptors (Lipinski definition) is 5. The second kappa shape index (κ2) is 8.32. The Hall–Kier alpha value is -2.74. The van der Waals surface area contributed by atoms with Gasteiger partial charge in [0.15, 0.2) is 11.6 Å². The van der Waals surface area contributed by atoms with Gasteiger partial charge in [0, 0.05) is 32.0 Å². The van der Waals surface area contributed by atoms with E-state index in [-0.39, 0.29) is 24.2 Å². The van der Waals surface area contributed by atoms with Crippen LogP contribution in [0.5, 0.6) is 5.75 Å². The van der Waals surface area contributed by atoms with Crippen molar-refractivity contribution in [3.63, 3.8) is 0 Å². The molecule has 1 amide bonds. The number of aromatic nitrogens is 1. The van der Waals surface area contributed by atoms with Crippen molar-refractivity contribution in [3.8, 4) is 16.5 Å². The van der Waals surface area contributed by atoms with E-state index in [2.05, 4.69) is 4.98 Å². The summed E-state index contributed by atoms with van der Waals surface area (Å²) < 4.78 is 38.1. The minimum absolute atomic E-state index is 0.0226. The van der Waals surface area contributed by atoms with Crippen LogP contribution in [-0.2, 0) is 11.2 Å². The maximum Gasteiger partial charge on any atom is 0.236 e. The van der Waals surface area contributed by atoms with Gasteiger partial charge in [-0.3, -0.25) is 4.79 Å². The molecule has 1 saturated heterocycles. The molecule has 0 unspecified atom stereocenters. The Morgan fingerprint density at radius 2 is 2.10 bits per heavy atom. The molecule has 0 atom stereocenters. The van der Waals surface area contributed by atoms with Crippen LogP contribution in [0.1, 0.15) is 24.3 Å². The number of thiophene rings is 1. The Bertz CT molecular complexity index is 996. The van der Waals surface area contributed by atoms with Gasteiger partial charge in [0.05, 0.1) is 17.0 Å². The molecular weight excluding hydrogens is 398 g/mol. The number of benzene rings is 1. The van der Waals surface area contributed by atoms with Crippen molar-refractivity contribution >= 4 is 17.2 Å². The number of hydrogen-bond donors (Lipinski definition) is 0. The average Bonchev–Trinajstić information content (AvgIpc) is 3.35. The summed E-state index contributed by atoms with van der Waals surface area (Å²) in [6, 6.07) is 7.12. The first kappa shape index (κ1) is 19.6. The molecule has 29 heavy (non-hydrogen) atoms. The summed E-state index contributed by atoms with van der Waals surface area (Å²) in [7, 11) is 0. The molecular formula is C21H20F2N2O3S. The predicted octanol–water partition coefficient (Wildman–Crippen LogP) is 4.60. The van der Waals surface area contributed by atoms with Crippen molar-refractivity contribution in [1.82, 2.24) is 9.88 Å². The molecule has 0 aliphatic carbocycles. The molecule has 1 aliphatic heterocycles. The van der Waals surface area contributed by atoms with E-state index < -0.39 is 11.6 Å². The van der Waals surface area contributed by atoms with Gasteiger partial charge >= 0.3 is 0 Å². The molecule has 0 N–H and O–H groups in total. The number of nitrogens with zero attached hydrogens (tertiary/aromatic N) is 2. The van der Waals surface area contributed by atoms with Gasteiger partial charge in [-0.1, -0.05) is 6.07 Å². The average molecular weight is 418 g/mol. The quantitative estimate of drug-likeness (QED) is 0.608.